The maximum absolute atomic E-state index is 12.8. The number of nitrogens with zero attached hydrogens (tertiary/aromatic N) is 2. The molecular weight excluding hydrogens is 425 g/mol. The number of hydrogen-bond acceptors (Lipinski definition) is 6. The average Bonchev–Trinajstić information content (AvgIpc) is 2.71. The quantitative estimate of drug-likeness (QED) is 0.737. The van der Waals surface area contributed by atoms with E-state index in [2.05, 4.69) is 9.71 Å². The van der Waals surface area contributed by atoms with Gasteiger partial charge in [-0.25, -0.2) is 17.6 Å². The Hall–Kier alpha value is -2.59. The molecule has 0 fully saturated rings. The first-order valence-electron chi connectivity index (χ1n) is 8.66. The van der Waals surface area contributed by atoms with Crippen LogP contribution in [-0.2, 0) is 27.7 Å². The second-order valence-electron chi connectivity index (χ2n) is 6.21. The van der Waals surface area contributed by atoms with E-state index in [1.807, 2.05) is 0 Å². The Morgan fingerprint density at radius 3 is 2.90 bits per heavy atom. The molecule has 0 unspecified atom stereocenters. The summed E-state index contributed by atoms with van der Waals surface area (Å²) in [4.78, 5) is 17.5. The monoisotopic (exact) mass is 443 g/mol. The number of sulfonamides is 1. The number of halogens is 2. The molecule has 1 aromatic carbocycles. The minimum absolute atomic E-state index is 0.110. The molecule has 0 saturated carbocycles. The number of nitrogens with one attached hydrogen (secondary N) is 1. The molecule has 0 atom stereocenters. The molecule has 8 nitrogen and oxygen atoms in total. The highest BCUT2D eigenvalue weighted by molar-refractivity contribution is 7.92. The number of methoxy groups -OCH3 is 1. The molecule has 1 aliphatic rings. The standard InChI is InChI=1S/C18H19ClFN3O5S/c1-27-16-3-2-13(19)9-17(16)29(25,26)22-14-8-12-11-23(18(24)28-7-5-20)6-4-15(12)21-10-14/h2-3,8-10,22H,4-7,11H2,1H3. The summed E-state index contributed by atoms with van der Waals surface area (Å²) < 4.78 is 50.2. The molecule has 0 aliphatic carbocycles. The van der Waals surface area contributed by atoms with Gasteiger partial charge in [-0.05, 0) is 29.8 Å². The van der Waals surface area contributed by atoms with E-state index in [1.165, 1.54) is 36.4 Å². The van der Waals surface area contributed by atoms with Crippen molar-refractivity contribution in [1.82, 2.24) is 9.88 Å². The van der Waals surface area contributed by atoms with Gasteiger partial charge in [-0.3, -0.25) is 9.71 Å². The average molecular weight is 444 g/mol. The number of benzene rings is 1. The second kappa shape index (κ2) is 8.83. The van der Waals surface area contributed by atoms with Gasteiger partial charge in [0.2, 0.25) is 0 Å². The number of pyridine rings is 1. The van der Waals surface area contributed by atoms with E-state index in [4.69, 9.17) is 21.1 Å². The van der Waals surface area contributed by atoms with E-state index in [1.54, 1.807) is 6.07 Å². The molecule has 0 spiro atoms. The number of ether oxygens (including phenoxy) is 2. The molecular formula is C18H19ClFN3O5S. The normalized spacial score (nSPS) is 13.6. The Morgan fingerprint density at radius 1 is 1.38 bits per heavy atom. The van der Waals surface area contributed by atoms with Gasteiger partial charge in [0.15, 0.2) is 0 Å². The van der Waals surface area contributed by atoms with Crippen LogP contribution in [0.4, 0.5) is 14.9 Å². The third-order valence-corrected chi connectivity index (χ3v) is 5.91. The minimum atomic E-state index is -3.99. The molecule has 11 heteroatoms. The van der Waals surface area contributed by atoms with Crippen molar-refractivity contribution in [2.75, 3.05) is 31.7 Å². The summed E-state index contributed by atoms with van der Waals surface area (Å²) in [6.45, 7) is -0.488. The van der Waals surface area contributed by atoms with Crippen molar-refractivity contribution in [3.05, 3.63) is 46.7 Å². The third-order valence-electron chi connectivity index (χ3n) is 4.27. The largest absolute Gasteiger partial charge is 0.495 e. The lowest BCUT2D eigenvalue weighted by atomic mass is 10.1. The Balaban J connectivity index is 1.82. The number of carbonyl (C=O) groups is 1. The van der Waals surface area contributed by atoms with Crippen molar-refractivity contribution < 1.29 is 27.1 Å². The van der Waals surface area contributed by atoms with Gasteiger partial charge in [-0.2, -0.15) is 0 Å². The van der Waals surface area contributed by atoms with E-state index in [0.717, 1.165) is 5.69 Å². The first kappa shape index (κ1) is 21.1. The highest BCUT2D eigenvalue weighted by Gasteiger charge is 2.25. The topological polar surface area (TPSA) is 97.8 Å². The summed E-state index contributed by atoms with van der Waals surface area (Å²) in [7, 11) is -2.63. The minimum Gasteiger partial charge on any atom is -0.495 e. The fourth-order valence-corrected chi connectivity index (χ4v) is 4.39. The van der Waals surface area contributed by atoms with Crippen molar-refractivity contribution in [3.63, 3.8) is 0 Å². The molecule has 1 amide bonds. The summed E-state index contributed by atoms with van der Waals surface area (Å²) in [5.74, 6) is 0.148. The molecule has 2 aromatic rings. The van der Waals surface area contributed by atoms with Crippen molar-refractivity contribution >= 4 is 33.4 Å². The van der Waals surface area contributed by atoms with E-state index in [0.29, 0.717) is 18.5 Å². The maximum Gasteiger partial charge on any atom is 0.410 e. The van der Waals surface area contributed by atoms with Crippen LogP contribution in [0, 0.1) is 0 Å². The van der Waals surface area contributed by atoms with E-state index in [-0.39, 0.29) is 34.5 Å². The van der Waals surface area contributed by atoms with Gasteiger partial charge in [0.05, 0.1) is 25.5 Å². The summed E-state index contributed by atoms with van der Waals surface area (Å²) in [6, 6.07) is 5.88. The Labute approximate surface area is 172 Å². The van der Waals surface area contributed by atoms with Crippen LogP contribution in [0.2, 0.25) is 5.02 Å². The molecule has 2 heterocycles. The first-order chi connectivity index (χ1) is 13.8. The molecule has 29 heavy (non-hydrogen) atoms. The number of carbonyl (C=O) groups excluding carboxylic acids is 1. The van der Waals surface area contributed by atoms with Crippen molar-refractivity contribution in [2.45, 2.75) is 17.9 Å². The Bertz CT molecular complexity index is 1020. The SMILES string of the molecule is COc1ccc(Cl)cc1S(=O)(=O)Nc1cnc2c(c1)CN(C(=O)OCCF)CC2. The lowest BCUT2D eigenvalue weighted by molar-refractivity contribution is 0.0919. The van der Waals surface area contributed by atoms with Crippen molar-refractivity contribution in [3.8, 4) is 5.75 Å². The van der Waals surface area contributed by atoms with E-state index < -0.39 is 22.8 Å². The summed E-state index contributed by atoms with van der Waals surface area (Å²) >= 11 is 5.93. The number of alkyl halides is 1. The first-order valence-corrected chi connectivity index (χ1v) is 10.5. The van der Waals surface area contributed by atoms with Crippen LogP contribution in [0.1, 0.15) is 11.3 Å². The predicted molar refractivity (Wildman–Crippen MR) is 104 cm³/mol. The van der Waals surface area contributed by atoms with Crippen LogP contribution >= 0.6 is 11.6 Å². The zero-order valence-corrected chi connectivity index (χ0v) is 17.1. The van der Waals surface area contributed by atoms with E-state index >= 15 is 0 Å². The fraction of sp³-hybridized carbons (Fsp3) is 0.333. The number of hydrogen-bond donors (Lipinski definition) is 1. The van der Waals surface area contributed by atoms with Gasteiger partial charge in [0.1, 0.15) is 23.9 Å². The predicted octanol–water partition coefficient (Wildman–Crippen LogP) is 3.01. The summed E-state index contributed by atoms with van der Waals surface area (Å²) in [6.07, 6.45) is 1.27. The van der Waals surface area contributed by atoms with Gasteiger partial charge < -0.3 is 14.4 Å². The van der Waals surface area contributed by atoms with Crippen LogP contribution in [0.25, 0.3) is 0 Å². The highest BCUT2D eigenvalue weighted by atomic mass is 35.5. The van der Waals surface area contributed by atoms with Crippen molar-refractivity contribution in [2.24, 2.45) is 0 Å². The van der Waals surface area contributed by atoms with Gasteiger partial charge in [-0.1, -0.05) is 11.6 Å². The Morgan fingerprint density at radius 2 is 2.17 bits per heavy atom. The van der Waals surface area contributed by atoms with Gasteiger partial charge in [0.25, 0.3) is 10.0 Å². The molecule has 156 valence electrons. The van der Waals surface area contributed by atoms with Crippen LogP contribution < -0.4 is 9.46 Å². The lowest BCUT2D eigenvalue weighted by Gasteiger charge is -2.27. The van der Waals surface area contributed by atoms with Crippen LogP contribution in [0.3, 0.4) is 0 Å². The second-order valence-corrected chi connectivity index (χ2v) is 8.29. The molecule has 0 saturated heterocycles. The molecule has 1 aliphatic heterocycles. The molecule has 1 aromatic heterocycles. The fourth-order valence-electron chi connectivity index (χ4n) is 2.93. The summed E-state index contributed by atoms with van der Waals surface area (Å²) in [5, 5.41) is 0.247. The number of fused-ring (bicyclic) bond motifs is 1. The van der Waals surface area contributed by atoms with Gasteiger partial charge >= 0.3 is 6.09 Å². The third kappa shape index (κ3) is 4.88. The Kier molecular flexibility index (Phi) is 6.43. The lowest BCUT2D eigenvalue weighted by Crippen LogP contribution is -2.37. The smallest absolute Gasteiger partial charge is 0.410 e. The molecule has 0 radical (unpaired) electrons. The van der Waals surface area contributed by atoms with Crippen LogP contribution in [0.5, 0.6) is 5.75 Å². The molecule has 3 rings (SSSR count). The number of amides is 1. The summed E-state index contributed by atoms with van der Waals surface area (Å²) in [5.41, 5.74) is 1.65. The zero-order chi connectivity index (χ0) is 21.0. The van der Waals surface area contributed by atoms with Crippen LogP contribution in [-0.4, -0.2) is 51.3 Å². The number of rotatable bonds is 6. The van der Waals surface area contributed by atoms with Gasteiger partial charge in [-0.15, -0.1) is 0 Å². The van der Waals surface area contributed by atoms with Crippen LogP contribution in [0.15, 0.2) is 35.4 Å². The van der Waals surface area contributed by atoms with Gasteiger partial charge in [0, 0.05) is 23.7 Å². The number of anilines is 1. The molecule has 0 bridgehead atoms. The zero-order valence-electron chi connectivity index (χ0n) is 15.5. The highest BCUT2D eigenvalue weighted by Crippen LogP contribution is 2.29. The number of aromatic nitrogens is 1. The van der Waals surface area contributed by atoms with E-state index in [9.17, 15) is 17.6 Å². The maximum atomic E-state index is 12.8. The molecule has 1 N–H and O–H groups in total. The van der Waals surface area contributed by atoms with Crippen molar-refractivity contribution in [1.29, 1.82) is 0 Å².